The van der Waals surface area contributed by atoms with Crippen molar-refractivity contribution in [2.75, 3.05) is 0 Å². The van der Waals surface area contributed by atoms with Gasteiger partial charge in [0, 0.05) is 22.5 Å². The van der Waals surface area contributed by atoms with E-state index in [-0.39, 0.29) is 5.69 Å². The van der Waals surface area contributed by atoms with Gasteiger partial charge in [-0.1, -0.05) is 23.7 Å². The number of aromatic amines is 1. The molecule has 3 aromatic rings. The van der Waals surface area contributed by atoms with E-state index in [9.17, 15) is 4.79 Å². The van der Waals surface area contributed by atoms with Gasteiger partial charge in [-0.2, -0.15) is 0 Å². The Kier molecular flexibility index (Phi) is 2.49. The molecule has 3 nitrogen and oxygen atoms in total. The van der Waals surface area contributed by atoms with E-state index in [1.54, 1.807) is 4.40 Å². The highest BCUT2D eigenvalue weighted by molar-refractivity contribution is 6.30. The molecule has 90 valence electrons. The van der Waals surface area contributed by atoms with Crippen molar-refractivity contribution in [3.8, 4) is 11.1 Å². The Morgan fingerprint density at radius 3 is 2.56 bits per heavy atom. The van der Waals surface area contributed by atoms with Crippen LogP contribution in [0, 0.1) is 6.92 Å². The van der Waals surface area contributed by atoms with Gasteiger partial charge in [0.1, 0.15) is 0 Å². The molecule has 2 aromatic heterocycles. The fraction of sp³-hybridized carbons (Fsp3) is 0.0714. The number of aryl methyl sites for hydroxylation is 1. The molecule has 0 aliphatic carbocycles. The first-order valence-electron chi connectivity index (χ1n) is 5.61. The van der Waals surface area contributed by atoms with Crippen LogP contribution in [0.25, 0.3) is 16.6 Å². The van der Waals surface area contributed by atoms with Gasteiger partial charge < -0.3 is 4.98 Å². The normalized spacial score (nSPS) is 11.0. The molecule has 4 heteroatoms. The molecule has 0 aliphatic heterocycles. The van der Waals surface area contributed by atoms with E-state index in [2.05, 4.69) is 4.98 Å². The second kappa shape index (κ2) is 4.03. The molecule has 0 unspecified atom stereocenters. The monoisotopic (exact) mass is 258 g/mol. The summed E-state index contributed by atoms with van der Waals surface area (Å²) in [6.07, 6.45) is 1.83. The lowest BCUT2D eigenvalue weighted by Gasteiger charge is -1.96. The SMILES string of the molecule is Cc1cc2cc(-c3ccc(Cl)cc3)cn2c(=O)[nH]1. The number of aromatic nitrogens is 2. The van der Waals surface area contributed by atoms with Crippen LogP contribution >= 0.6 is 11.6 Å². The van der Waals surface area contributed by atoms with Gasteiger partial charge in [-0.15, -0.1) is 0 Å². The van der Waals surface area contributed by atoms with Gasteiger partial charge >= 0.3 is 5.69 Å². The molecule has 0 fully saturated rings. The zero-order chi connectivity index (χ0) is 12.7. The maximum atomic E-state index is 11.8. The Labute approximate surface area is 109 Å². The fourth-order valence-electron chi connectivity index (χ4n) is 2.05. The molecule has 0 spiro atoms. The van der Waals surface area contributed by atoms with Crippen LogP contribution in [0.4, 0.5) is 0 Å². The Bertz CT molecular complexity index is 769. The third-order valence-corrected chi connectivity index (χ3v) is 3.17. The van der Waals surface area contributed by atoms with Crippen LogP contribution in [0.5, 0.6) is 0 Å². The van der Waals surface area contributed by atoms with Crippen LogP contribution in [0.3, 0.4) is 0 Å². The van der Waals surface area contributed by atoms with Crippen molar-refractivity contribution >= 4 is 17.1 Å². The molecule has 0 aliphatic rings. The molecule has 1 N–H and O–H groups in total. The van der Waals surface area contributed by atoms with E-state index in [4.69, 9.17) is 11.6 Å². The molecule has 3 rings (SSSR count). The van der Waals surface area contributed by atoms with Crippen LogP contribution in [0.1, 0.15) is 5.69 Å². The lowest BCUT2D eigenvalue weighted by molar-refractivity contribution is 0.979. The topological polar surface area (TPSA) is 37.3 Å². The minimum atomic E-state index is -0.120. The van der Waals surface area contributed by atoms with E-state index in [1.165, 1.54) is 0 Å². The lowest BCUT2D eigenvalue weighted by Crippen LogP contribution is -2.15. The first kappa shape index (κ1) is 11.1. The summed E-state index contributed by atoms with van der Waals surface area (Å²) in [6.45, 7) is 1.87. The summed E-state index contributed by atoms with van der Waals surface area (Å²) >= 11 is 5.86. The summed E-state index contributed by atoms with van der Waals surface area (Å²) in [5, 5.41) is 0.705. The Hall–Kier alpha value is -2.00. The molecule has 0 amide bonds. The van der Waals surface area contributed by atoms with Crippen molar-refractivity contribution in [3.63, 3.8) is 0 Å². The van der Waals surface area contributed by atoms with Crippen LogP contribution in [0.2, 0.25) is 5.02 Å². The number of H-pyrrole nitrogens is 1. The largest absolute Gasteiger partial charge is 0.330 e. The zero-order valence-electron chi connectivity index (χ0n) is 9.77. The third-order valence-electron chi connectivity index (χ3n) is 2.91. The van der Waals surface area contributed by atoms with E-state index < -0.39 is 0 Å². The molecule has 0 saturated carbocycles. The van der Waals surface area contributed by atoms with Crippen molar-refractivity contribution in [2.24, 2.45) is 0 Å². The first-order valence-corrected chi connectivity index (χ1v) is 5.99. The average Bonchev–Trinajstić information content (AvgIpc) is 2.74. The summed E-state index contributed by atoms with van der Waals surface area (Å²) in [5.41, 5.74) is 3.67. The van der Waals surface area contributed by atoms with Crippen molar-refractivity contribution in [2.45, 2.75) is 6.92 Å². The van der Waals surface area contributed by atoms with Gasteiger partial charge in [-0.25, -0.2) is 4.79 Å². The fourth-order valence-corrected chi connectivity index (χ4v) is 2.18. The Morgan fingerprint density at radius 2 is 1.83 bits per heavy atom. The van der Waals surface area contributed by atoms with E-state index in [0.29, 0.717) is 5.02 Å². The number of hydrogen-bond donors (Lipinski definition) is 1. The van der Waals surface area contributed by atoms with Crippen LogP contribution < -0.4 is 5.69 Å². The maximum absolute atomic E-state index is 11.8. The molecule has 1 aromatic carbocycles. The van der Waals surface area contributed by atoms with Gasteiger partial charge in [-0.3, -0.25) is 4.40 Å². The predicted octanol–water partition coefficient (Wildman–Crippen LogP) is 3.26. The minimum absolute atomic E-state index is 0.120. The van der Waals surface area contributed by atoms with Crippen molar-refractivity contribution in [3.05, 3.63) is 63.8 Å². The van der Waals surface area contributed by atoms with Gasteiger partial charge in [0.05, 0.1) is 5.52 Å². The minimum Gasteiger partial charge on any atom is -0.311 e. The number of nitrogens with one attached hydrogen (secondary N) is 1. The predicted molar refractivity (Wildman–Crippen MR) is 73.2 cm³/mol. The number of benzene rings is 1. The number of rotatable bonds is 1. The highest BCUT2D eigenvalue weighted by Gasteiger charge is 2.05. The van der Waals surface area contributed by atoms with E-state index >= 15 is 0 Å². The molecule has 2 heterocycles. The molecule has 0 saturated heterocycles. The molecular formula is C14H11ClN2O. The van der Waals surface area contributed by atoms with Crippen LogP contribution in [0.15, 0.2) is 47.4 Å². The standard InChI is InChI=1S/C14H11ClN2O/c1-9-6-13-7-11(8-17(13)14(18)16-9)10-2-4-12(15)5-3-10/h2-8H,1H3,(H,16,18). The summed E-state index contributed by atoms with van der Waals surface area (Å²) < 4.78 is 1.61. The van der Waals surface area contributed by atoms with E-state index in [1.807, 2.05) is 49.5 Å². The molecule has 0 radical (unpaired) electrons. The molecule has 0 bridgehead atoms. The van der Waals surface area contributed by atoms with Crippen molar-refractivity contribution in [1.82, 2.24) is 9.38 Å². The smallest absolute Gasteiger partial charge is 0.311 e. The van der Waals surface area contributed by atoms with Crippen LogP contribution in [-0.2, 0) is 0 Å². The lowest BCUT2D eigenvalue weighted by atomic mass is 10.1. The zero-order valence-corrected chi connectivity index (χ0v) is 10.5. The van der Waals surface area contributed by atoms with Crippen LogP contribution in [-0.4, -0.2) is 9.38 Å². The van der Waals surface area contributed by atoms with Gasteiger partial charge in [0.15, 0.2) is 0 Å². The summed E-state index contributed by atoms with van der Waals surface area (Å²) in [5.74, 6) is 0. The number of hydrogen-bond acceptors (Lipinski definition) is 1. The molecule has 0 atom stereocenters. The van der Waals surface area contributed by atoms with Crippen molar-refractivity contribution < 1.29 is 0 Å². The third kappa shape index (κ3) is 1.83. The van der Waals surface area contributed by atoms with E-state index in [0.717, 1.165) is 22.3 Å². The van der Waals surface area contributed by atoms with Gasteiger partial charge in [0.2, 0.25) is 0 Å². The number of nitrogens with zero attached hydrogens (tertiary/aromatic N) is 1. The number of halogens is 1. The van der Waals surface area contributed by atoms with Crippen molar-refractivity contribution in [1.29, 1.82) is 0 Å². The highest BCUT2D eigenvalue weighted by Crippen LogP contribution is 2.23. The maximum Gasteiger partial charge on any atom is 0.330 e. The molecule has 18 heavy (non-hydrogen) atoms. The quantitative estimate of drug-likeness (QED) is 0.715. The van der Waals surface area contributed by atoms with Gasteiger partial charge in [-0.05, 0) is 36.8 Å². The highest BCUT2D eigenvalue weighted by atomic mass is 35.5. The Balaban J connectivity index is 2.22. The summed E-state index contributed by atoms with van der Waals surface area (Å²) in [4.78, 5) is 14.6. The number of fused-ring (bicyclic) bond motifs is 1. The molecular weight excluding hydrogens is 248 g/mol. The Morgan fingerprint density at radius 1 is 1.11 bits per heavy atom. The first-order chi connectivity index (χ1) is 8.63. The second-order valence-electron chi connectivity index (χ2n) is 4.29. The second-order valence-corrected chi connectivity index (χ2v) is 4.72. The summed E-state index contributed by atoms with van der Waals surface area (Å²) in [7, 11) is 0. The summed E-state index contributed by atoms with van der Waals surface area (Å²) in [6, 6.07) is 11.5. The van der Waals surface area contributed by atoms with Gasteiger partial charge in [0.25, 0.3) is 0 Å². The average molecular weight is 259 g/mol.